The zero-order valence-corrected chi connectivity index (χ0v) is 21.9. The molecule has 0 saturated carbocycles. The largest absolute Gasteiger partial charge is 0.326 e. The first-order valence-corrected chi connectivity index (χ1v) is 13.0. The van der Waals surface area contributed by atoms with E-state index in [1.165, 1.54) is 0 Å². The molecule has 0 heterocycles. The summed E-state index contributed by atoms with van der Waals surface area (Å²) in [5.41, 5.74) is 3.29. The summed E-state index contributed by atoms with van der Waals surface area (Å²) in [5.74, 6) is -0.928. The van der Waals surface area contributed by atoms with Crippen LogP contribution in [0.25, 0.3) is 0 Å². The second kappa shape index (κ2) is 14.1. The quantitative estimate of drug-likeness (QED) is 0.168. The zero-order valence-electron chi connectivity index (χ0n) is 21.9. The number of unbranched alkanes of at least 4 members (excludes halogenated alkanes) is 1. The summed E-state index contributed by atoms with van der Waals surface area (Å²) >= 11 is 0. The molecular weight excluding hydrogens is 504 g/mol. The van der Waals surface area contributed by atoms with Crippen molar-refractivity contribution in [2.45, 2.75) is 25.7 Å². The van der Waals surface area contributed by atoms with Gasteiger partial charge in [-0.15, -0.1) is 0 Å². The van der Waals surface area contributed by atoms with Crippen molar-refractivity contribution < 1.29 is 19.2 Å². The van der Waals surface area contributed by atoms with Gasteiger partial charge in [0.05, 0.1) is 0 Å². The van der Waals surface area contributed by atoms with E-state index in [4.69, 9.17) is 0 Å². The predicted molar refractivity (Wildman–Crippen MR) is 157 cm³/mol. The standard InChI is InChI=1S/C32H30N4O4/c37-29(33-27-17-9-11-23(21-27)31(39)35-25-13-3-1-4-14-25)19-7-8-20-30(38)34-28-18-10-12-24(22-28)32(40)36-26-15-5-2-6-16-26/h1-6,9-18,21-22H,7-8,19-20H2,(H,33,37)(H,34,38)(H,35,39)(H,36,40). The average molecular weight is 535 g/mol. The van der Waals surface area contributed by atoms with E-state index in [-0.39, 0.29) is 36.5 Å². The van der Waals surface area contributed by atoms with Crippen molar-refractivity contribution >= 4 is 46.4 Å². The van der Waals surface area contributed by atoms with E-state index < -0.39 is 0 Å². The molecule has 202 valence electrons. The lowest BCUT2D eigenvalue weighted by Gasteiger charge is -2.09. The Morgan fingerprint density at radius 2 is 0.800 bits per heavy atom. The molecule has 0 atom stereocenters. The van der Waals surface area contributed by atoms with Crippen molar-refractivity contribution in [1.29, 1.82) is 0 Å². The molecule has 0 bridgehead atoms. The van der Waals surface area contributed by atoms with Gasteiger partial charge < -0.3 is 21.3 Å². The van der Waals surface area contributed by atoms with Crippen molar-refractivity contribution in [3.63, 3.8) is 0 Å². The Balaban J connectivity index is 1.18. The van der Waals surface area contributed by atoms with Crippen molar-refractivity contribution in [3.8, 4) is 0 Å². The third-order valence-corrected chi connectivity index (χ3v) is 5.94. The molecule has 8 heteroatoms. The topological polar surface area (TPSA) is 116 Å². The van der Waals surface area contributed by atoms with E-state index in [1.54, 1.807) is 72.8 Å². The molecule has 0 saturated heterocycles. The third kappa shape index (κ3) is 8.66. The second-order valence-corrected chi connectivity index (χ2v) is 9.11. The molecule has 0 aromatic heterocycles. The number of hydrogen-bond acceptors (Lipinski definition) is 4. The Hall–Kier alpha value is -5.24. The summed E-state index contributed by atoms with van der Waals surface area (Å²) < 4.78 is 0. The van der Waals surface area contributed by atoms with E-state index in [0.29, 0.717) is 46.7 Å². The van der Waals surface area contributed by atoms with E-state index in [2.05, 4.69) is 21.3 Å². The molecule has 0 fully saturated rings. The number of rotatable bonds is 11. The fourth-order valence-electron chi connectivity index (χ4n) is 3.94. The molecule has 4 aromatic rings. The highest BCUT2D eigenvalue weighted by atomic mass is 16.2. The molecular formula is C32H30N4O4. The van der Waals surface area contributed by atoms with E-state index in [1.807, 2.05) is 36.4 Å². The molecule has 0 radical (unpaired) electrons. The van der Waals surface area contributed by atoms with Gasteiger partial charge in [0, 0.05) is 46.7 Å². The van der Waals surface area contributed by atoms with Crippen molar-refractivity contribution in [1.82, 2.24) is 0 Å². The van der Waals surface area contributed by atoms with Crippen LogP contribution in [-0.4, -0.2) is 23.6 Å². The summed E-state index contributed by atoms with van der Waals surface area (Å²) in [7, 11) is 0. The highest BCUT2D eigenvalue weighted by Gasteiger charge is 2.11. The van der Waals surface area contributed by atoms with Gasteiger partial charge in [0.1, 0.15) is 0 Å². The van der Waals surface area contributed by atoms with Crippen LogP contribution in [-0.2, 0) is 9.59 Å². The van der Waals surface area contributed by atoms with Crippen LogP contribution in [0, 0.1) is 0 Å². The van der Waals surface area contributed by atoms with Crippen LogP contribution < -0.4 is 21.3 Å². The number of nitrogens with one attached hydrogen (secondary N) is 4. The molecule has 40 heavy (non-hydrogen) atoms. The maximum Gasteiger partial charge on any atom is 0.255 e. The lowest BCUT2D eigenvalue weighted by molar-refractivity contribution is -0.118. The third-order valence-electron chi connectivity index (χ3n) is 5.94. The van der Waals surface area contributed by atoms with Gasteiger partial charge >= 0.3 is 0 Å². The van der Waals surface area contributed by atoms with Crippen LogP contribution in [0.3, 0.4) is 0 Å². The fourth-order valence-corrected chi connectivity index (χ4v) is 3.94. The van der Waals surface area contributed by atoms with Crippen molar-refractivity contribution in [3.05, 3.63) is 120 Å². The zero-order chi connectivity index (χ0) is 28.2. The molecule has 0 aliphatic carbocycles. The van der Waals surface area contributed by atoms with Gasteiger partial charge in [0.2, 0.25) is 11.8 Å². The van der Waals surface area contributed by atoms with Crippen molar-refractivity contribution in [2.24, 2.45) is 0 Å². The Labute approximate surface area is 232 Å². The number of carbonyl (C=O) groups excluding carboxylic acids is 4. The summed E-state index contributed by atoms with van der Waals surface area (Å²) in [5, 5.41) is 11.2. The SMILES string of the molecule is O=C(CCCCC(=O)Nc1cccc(C(=O)Nc2ccccc2)c1)Nc1cccc(C(=O)Nc2ccccc2)c1. The molecule has 0 aliphatic rings. The van der Waals surface area contributed by atoms with E-state index in [9.17, 15) is 19.2 Å². The molecule has 4 amide bonds. The molecule has 4 aromatic carbocycles. The monoisotopic (exact) mass is 534 g/mol. The predicted octanol–water partition coefficient (Wildman–Crippen LogP) is 6.33. The van der Waals surface area contributed by atoms with Gasteiger partial charge in [-0.3, -0.25) is 19.2 Å². The van der Waals surface area contributed by atoms with E-state index >= 15 is 0 Å². The summed E-state index contributed by atoms with van der Waals surface area (Å²) in [6.07, 6.45) is 1.52. The van der Waals surface area contributed by atoms with Crippen LogP contribution in [0.4, 0.5) is 22.7 Å². The van der Waals surface area contributed by atoms with Crippen LogP contribution in [0.2, 0.25) is 0 Å². The highest BCUT2D eigenvalue weighted by molar-refractivity contribution is 6.06. The van der Waals surface area contributed by atoms with Gasteiger partial charge in [0.25, 0.3) is 11.8 Å². The Bertz CT molecular complexity index is 1360. The minimum atomic E-state index is -0.268. The summed E-state index contributed by atoms with van der Waals surface area (Å²) in [4.78, 5) is 49.8. The average Bonchev–Trinajstić information content (AvgIpc) is 2.97. The maximum atomic E-state index is 12.5. The molecule has 4 rings (SSSR count). The Morgan fingerprint density at radius 1 is 0.425 bits per heavy atom. The number of benzene rings is 4. The van der Waals surface area contributed by atoms with Gasteiger partial charge in [-0.1, -0.05) is 48.5 Å². The van der Waals surface area contributed by atoms with Gasteiger partial charge in [0.15, 0.2) is 0 Å². The number of para-hydroxylation sites is 2. The maximum absolute atomic E-state index is 12.5. The molecule has 4 N–H and O–H groups in total. The van der Waals surface area contributed by atoms with Crippen LogP contribution >= 0.6 is 0 Å². The molecule has 0 unspecified atom stereocenters. The first-order valence-electron chi connectivity index (χ1n) is 13.0. The minimum Gasteiger partial charge on any atom is -0.326 e. The Kier molecular flexibility index (Phi) is 9.77. The van der Waals surface area contributed by atoms with Crippen LogP contribution in [0.15, 0.2) is 109 Å². The minimum absolute atomic E-state index is 0.196. The number of hydrogen-bond donors (Lipinski definition) is 4. The van der Waals surface area contributed by atoms with Gasteiger partial charge in [-0.2, -0.15) is 0 Å². The number of anilines is 4. The number of amides is 4. The van der Waals surface area contributed by atoms with E-state index in [0.717, 1.165) is 0 Å². The second-order valence-electron chi connectivity index (χ2n) is 9.11. The summed E-state index contributed by atoms with van der Waals surface area (Å²) in [6, 6.07) is 31.7. The van der Waals surface area contributed by atoms with Crippen LogP contribution in [0.5, 0.6) is 0 Å². The normalized spacial score (nSPS) is 10.3. The van der Waals surface area contributed by atoms with Crippen LogP contribution in [0.1, 0.15) is 46.4 Å². The lowest BCUT2D eigenvalue weighted by Crippen LogP contribution is -2.15. The Morgan fingerprint density at radius 3 is 1.20 bits per heavy atom. The lowest BCUT2D eigenvalue weighted by atomic mass is 10.1. The van der Waals surface area contributed by atoms with Gasteiger partial charge in [-0.25, -0.2) is 0 Å². The highest BCUT2D eigenvalue weighted by Crippen LogP contribution is 2.16. The molecule has 0 spiro atoms. The molecule has 8 nitrogen and oxygen atoms in total. The first kappa shape index (κ1) is 27.8. The summed E-state index contributed by atoms with van der Waals surface area (Å²) in [6.45, 7) is 0. The number of carbonyl (C=O) groups is 4. The first-order chi connectivity index (χ1) is 19.5. The van der Waals surface area contributed by atoms with Crippen molar-refractivity contribution in [2.75, 3.05) is 21.3 Å². The smallest absolute Gasteiger partial charge is 0.255 e. The fraction of sp³-hybridized carbons (Fsp3) is 0.125. The van der Waals surface area contributed by atoms with Gasteiger partial charge in [-0.05, 0) is 73.5 Å². The molecule has 0 aliphatic heterocycles.